The van der Waals surface area contributed by atoms with Crippen molar-refractivity contribution in [2.24, 2.45) is 5.92 Å². The van der Waals surface area contributed by atoms with E-state index in [9.17, 15) is 18.4 Å². The molecule has 6 heteroatoms. The Morgan fingerprint density at radius 1 is 1.39 bits per heavy atom. The summed E-state index contributed by atoms with van der Waals surface area (Å²) in [5, 5.41) is 8.68. The van der Waals surface area contributed by atoms with Gasteiger partial charge < -0.3 is 10.0 Å². The van der Waals surface area contributed by atoms with Crippen LogP contribution < -0.4 is 4.90 Å². The maximum absolute atomic E-state index is 13.4. The Hall–Kier alpha value is -1.98. The molecule has 0 aliphatic carbocycles. The number of anilines is 1. The second-order valence-electron chi connectivity index (χ2n) is 3.99. The summed E-state index contributed by atoms with van der Waals surface area (Å²) in [6, 6.07) is 2.74. The molecule has 0 saturated heterocycles. The molecule has 1 atom stereocenters. The number of carbonyl (C=O) groups excluding carboxylic acids is 1. The summed E-state index contributed by atoms with van der Waals surface area (Å²) in [6.45, 7) is 1.37. The van der Waals surface area contributed by atoms with Gasteiger partial charge in [0.1, 0.15) is 11.6 Å². The monoisotopic (exact) mass is 257 g/mol. The maximum atomic E-state index is 13.4. The molecular formula is C12H13F2NO3. The van der Waals surface area contributed by atoms with Crippen LogP contribution >= 0.6 is 0 Å². The SMILES string of the molecule is CC(CC(=O)N(C)c1cc(F)ccc1F)C(=O)O. The third-order valence-electron chi connectivity index (χ3n) is 2.55. The highest BCUT2D eigenvalue weighted by atomic mass is 19.1. The molecule has 1 N–H and O–H groups in total. The van der Waals surface area contributed by atoms with Crippen molar-refractivity contribution in [2.45, 2.75) is 13.3 Å². The molecule has 0 aliphatic heterocycles. The first-order chi connectivity index (χ1) is 8.32. The lowest BCUT2D eigenvalue weighted by molar-refractivity contribution is -0.143. The molecule has 0 bridgehead atoms. The molecule has 1 rings (SSSR count). The van der Waals surface area contributed by atoms with E-state index in [-0.39, 0.29) is 12.1 Å². The zero-order valence-corrected chi connectivity index (χ0v) is 9.98. The highest BCUT2D eigenvalue weighted by Gasteiger charge is 2.21. The summed E-state index contributed by atoms with van der Waals surface area (Å²) >= 11 is 0. The molecule has 0 spiro atoms. The van der Waals surface area contributed by atoms with E-state index in [0.29, 0.717) is 0 Å². The van der Waals surface area contributed by atoms with Crippen molar-refractivity contribution >= 4 is 17.6 Å². The Morgan fingerprint density at radius 3 is 2.56 bits per heavy atom. The van der Waals surface area contributed by atoms with Crippen LogP contribution in [-0.4, -0.2) is 24.0 Å². The van der Waals surface area contributed by atoms with Gasteiger partial charge in [0.15, 0.2) is 0 Å². The summed E-state index contributed by atoms with van der Waals surface area (Å²) in [5.41, 5.74) is -0.211. The number of rotatable bonds is 4. The Bertz CT molecular complexity index is 476. The van der Waals surface area contributed by atoms with Crippen molar-refractivity contribution in [3.8, 4) is 0 Å². The van der Waals surface area contributed by atoms with Crippen molar-refractivity contribution in [3.63, 3.8) is 0 Å². The van der Waals surface area contributed by atoms with E-state index in [1.54, 1.807) is 0 Å². The summed E-state index contributed by atoms with van der Waals surface area (Å²) in [5.74, 6) is -3.99. The predicted octanol–water partition coefficient (Wildman–Crippen LogP) is 2.04. The molecule has 0 saturated carbocycles. The summed E-state index contributed by atoms with van der Waals surface area (Å²) < 4.78 is 26.4. The fraction of sp³-hybridized carbons (Fsp3) is 0.333. The smallest absolute Gasteiger partial charge is 0.306 e. The van der Waals surface area contributed by atoms with Gasteiger partial charge in [0.05, 0.1) is 11.6 Å². The molecule has 4 nitrogen and oxygen atoms in total. The summed E-state index contributed by atoms with van der Waals surface area (Å²) in [4.78, 5) is 23.2. The Kier molecular flexibility index (Phi) is 4.36. The number of nitrogens with zero attached hydrogens (tertiary/aromatic N) is 1. The van der Waals surface area contributed by atoms with Gasteiger partial charge in [0.25, 0.3) is 0 Å². The van der Waals surface area contributed by atoms with Crippen LogP contribution in [0.4, 0.5) is 14.5 Å². The summed E-state index contributed by atoms with van der Waals surface area (Å²) in [7, 11) is 1.27. The molecule has 0 heterocycles. The van der Waals surface area contributed by atoms with Crippen molar-refractivity contribution in [2.75, 3.05) is 11.9 Å². The van der Waals surface area contributed by atoms with E-state index >= 15 is 0 Å². The molecule has 0 aromatic heterocycles. The predicted molar refractivity (Wildman–Crippen MR) is 61.2 cm³/mol. The molecular weight excluding hydrogens is 244 g/mol. The Labute approximate surface area is 103 Å². The normalized spacial score (nSPS) is 12.0. The first-order valence-corrected chi connectivity index (χ1v) is 5.27. The fourth-order valence-corrected chi connectivity index (χ4v) is 1.36. The van der Waals surface area contributed by atoms with Gasteiger partial charge in [-0.15, -0.1) is 0 Å². The minimum atomic E-state index is -1.11. The maximum Gasteiger partial charge on any atom is 0.306 e. The number of benzene rings is 1. The topological polar surface area (TPSA) is 57.6 Å². The first-order valence-electron chi connectivity index (χ1n) is 5.27. The number of amides is 1. The van der Waals surface area contributed by atoms with Gasteiger partial charge in [-0.3, -0.25) is 9.59 Å². The number of hydrogen-bond donors (Lipinski definition) is 1. The highest BCUT2D eigenvalue weighted by Crippen LogP contribution is 2.20. The van der Waals surface area contributed by atoms with Gasteiger partial charge in [-0.2, -0.15) is 0 Å². The number of carboxylic acids is 1. The lowest BCUT2D eigenvalue weighted by atomic mass is 10.1. The van der Waals surface area contributed by atoms with Gasteiger partial charge in [-0.05, 0) is 12.1 Å². The van der Waals surface area contributed by atoms with Gasteiger partial charge in [0.2, 0.25) is 5.91 Å². The quantitative estimate of drug-likeness (QED) is 0.898. The van der Waals surface area contributed by atoms with Crippen LogP contribution in [0.1, 0.15) is 13.3 Å². The molecule has 0 radical (unpaired) electrons. The van der Waals surface area contributed by atoms with E-state index in [0.717, 1.165) is 23.1 Å². The number of carboxylic acid groups (broad SMARTS) is 1. The van der Waals surface area contributed by atoms with Gasteiger partial charge in [-0.25, -0.2) is 8.78 Å². The van der Waals surface area contributed by atoms with E-state index in [1.807, 2.05) is 0 Å². The van der Waals surface area contributed by atoms with Crippen LogP contribution in [0.15, 0.2) is 18.2 Å². The van der Waals surface area contributed by atoms with Crippen LogP contribution in [0.25, 0.3) is 0 Å². The van der Waals surface area contributed by atoms with E-state index in [1.165, 1.54) is 14.0 Å². The van der Waals surface area contributed by atoms with Crippen molar-refractivity contribution in [1.29, 1.82) is 0 Å². The molecule has 1 aromatic rings. The number of aliphatic carboxylic acids is 1. The molecule has 1 unspecified atom stereocenters. The van der Waals surface area contributed by atoms with Gasteiger partial charge in [0, 0.05) is 19.5 Å². The van der Waals surface area contributed by atoms with Crippen molar-refractivity contribution in [3.05, 3.63) is 29.8 Å². The molecule has 0 aliphatic rings. The minimum absolute atomic E-state index is 0.211. The zero-order valence-electron chi connectivity index (χ0n) is 9.98. The second kappa shape index (κ2) is 5.57. The van der Waals surface area contributed by atoms with Crippen molar-refractivity contribution in [1.82, 2.24) is 0 Å². The summed E-state index contributed by atoms with van der Waals surface area (Å²) in [6.07, 6.45) is -0.276. The molecule has 18 heavy (non-hydrogen) atoms. The lowest BCUT2D eigenvalue weighted by Gasteiger charge is -2.19. The van der Waals surface area contributed by atoms with Crippen molar-refractivity contribution < 1.29 is 23.5 Å². The third-order valence-corrected chi connectivity index (χ3v) is 2.55. The Morgan fingerprint density at radius 2 is 2.00 bits per heavy atom. The Balaban J connectivity index is 2.86. The van der Waals surface area contributed by atoms with Crippen LogP contribution in [0.5, 0.6) is 0 Å². The second-order valence-corrected chi connectivity index (χ2v) is 3.99. The molecule has 0 fully saturated rings. The fourth-order valence-electron chi connectivity index (χ4n) is 1.36. The standard InChI is InChI=1S/C12H13F2NO3/c1-7(12(17)18)5-11(16)15(2)10-6-8(13)3-4-9(10)14/h3-4,6-7H,5H2,1-2H3,(H,17,18). The lowest BCUT2D eigenvalue weighted by Crippen LogP contribution is -2.30. The molecule has 1 amide bonds. The molecule has 98 valence electrons. The number of hydrogen-bond acceptors (Lipinski definition) is 2. The van der Waals surface area contributed by atoms with Crippen LogP contribution in [-0.2, 0) is 9.59 Å². The first kappa shape index (κ1) is 14.1. The minimum Gasteiger partial charge on any atom is -0.481 e. The number of carbonyl (C=O) groups is 2. The largest absolute Gasteiger partial charge is 0.481 e. The van der Waals surface area contributed by atoms with E-state index < -0.39 is 29.4 Å². The number of halogens is 2. The van der Waals surface area contributed by atoms with E-state index in [4.69, 9.17) is 5.11 Å². The van der Waals surface area contributed by atoms with Crippen LogP contribution in [0.2, 0.25) is 0 Å². The van der Waals surface area contributed by atoms with E-state index in [2.05, 4.69) is 0 Å². The van der Waals surface area contributed by atoms with Gasteiger partial charge in [-0.1, -0.05) is 6.92 Å². The highest BCUT2D eigenvalue weighted by molar-refractivity contribution is 5.94. The van der Waals surface area contributed by atoms with Gasteiger partial charge >= 0.3 is 5.97 Å². The third kappa shape index (κ3) is 3.26. The molecule has 1 aromatic carbocycles. The average Bonchev–Trinajstić information content (AvgIpc) is 2.31. The van der Waals surface area contributed by atoms with Crippen LogP contribution in [0, 0.1) is 17.6 Å². The zero-order chi connectivity index (χ0) is 13.9. The van der Waals surface area contributed by atoms with Crippen LogP contribution in [0.3, 0.4) is 0 Å². The average molecular weight is 257 g/mol.